The molecular formula is C19H22FNO2. The Morgan fingerprint density at radius 3 is 2.52 bits per heavy atom. The standard InChI is InChI=1S/C19H22FNO2/c1-3-23-18-10-7-16(8-11-18)14-21(2)19(22)12-9-15-5-4-6-17(20)13-15/h4-8,10-11,13H,3,9,12,14H2,1-2H3. The number of amides is 1. The molecule has 2 aromatic rings. The van der Waals surface area contributed by atoms with Crippen molar-refractivity contribution in [3.63, 3.8) is 0 Å². The molecule has 122 valence electrons. The van der Waals surface area contributed by atoms with Crippen LogP contribution in [0.1, 0.15) is 24.5 Å². The van der Waals surface area contributed by atoms with Crippen LogP contribution in [0.2, 0.25) is 0 Å². The lowest BCUT2D eigenvalue weighted by Gasteiger charge is -2.17. The third kappa shape index (κ3) is 5.40. The van der Waals surface area contributed by atoms with Crippen LogP contribution in [0.25, 0.3) is 0 Å². The fourth-order valence-corrected chi connectivity index (χ4v) is 2.35. The molecule has 0 aromatic heterocycles. The molecule has 0 saturated heterocycles. The molecule has 0 unspecified atom stereocenters. The molecule has 0 aliphatic rings. The Morgan fingerprint density at radius 1 is 1.13 bits per heavy atom. The average Bonchev–Trinajstić information content (AvgIpc) is 2.54. The van der Waals surface area contributed by atoms with Crippen molar-refractivity contribution < 1.29 is 13.9 Å². The molecule has 0 bridgehead atoms. The molecule has 0 atom stereocenters. The van der Waals surface area contributed by atoms with Crippen molar-refractivity contribution in [1.82, 2.24) is 4.90 Å². The van der Waals surface area contributed by atoms with E-state index in [0.717, 1.165) is 16.9 Å². The van der Waals surface area contributed by atoms with Crippen LogP contribution < -0.4 is 4.74 Å². The Labute approximate surface area is 136 Å². The summed E-state index contributed by atoms with van der Waals surface area (Å²) < 4.78 is 18.5. The lowest BCUT2D eigenvalue weighted by atomic mass is 10.1. The summed E-state index contributed by atoms with van der Waals surface area (Å²) in [7, 11) is 1.78. The molecule has 0 fully saturated rings. The number of hydrogen-bond donors (Lipinski definition) is 0. The second kappa shape index (κ2) is 8.32. The van der Waals surface area contributed by atoms with Gasteiger partial charge in [-0.3, -0.25) is 4.79 Å². The van der Waals surface area contributed by atoms with E-state index in [1.165, 1.54) is 12.1 Å². The molecule has 1 amide bonds. The molecule has 2 rings (SSSR count). The zero-order valence-corrected chi connectivity index (χ0v) is 13.6. The fourth-order valence-electron chi connectivity index (χ4n) is 2.35. The number of carbonyl (C=O) groups is 1. The number of hydrogen-bond acceptors (Lipinski definition) is 2. The summed E-state index contributed by atoms with van der Waals surface area (Å²) in [4.78, 5) is 13.9. The van der Waals surface area contributed by atoms with Crippen molar-refractivity contribution in [2.45, 2.75) is 26.3 Å². The minimum absolute atomic E-state index is 0.0446. The van der Waals surface area contributed by atoms with Gasteiger partial charge < -0.3 is 9.64 Å². The third-order valence-electron chi connectivity index (χ3n) is 3.60. The van der Waals surface area contributed by atoms with E-state index in [1.807, 2.05) is 37.3 Å². The van der Waals surface area contributed by atoms with Gasteiger partial charge in [-0.2, -0.15) is 0 Å². The van der Waals surface area contributed by atoms with E-state index in [-0.39, 0.29) is 11.7 Å². The molecule has 23 heavy (non-hydrogen) atoms. The Hall–Kier alpha value is -2.36. The van der Waals surface area contributed by atoms with Crippen LogP contribution in [0.5, 0.6) is 5.75 Å². The summed E-state index contributed by atoms with van der Waals surface area (Å²) in [5.74, 6) is 0.608. The molecule has 3 nitrogen and oxygen atoms in total. The van der Waals surface area contributed by atoms with Gasteiger partial charge in [0.15, 0.2) is 0 Å². The molecule has 0 radical (unpaired) electrons. The van der Waals surface area contributed by atoms with Crippen molar-refractivity contribution in [3.05, 3.63) is 65.5 Å². The van der Waals surface area contributed by atoms with E-state index in [9.17, 15) is 9.18 Å². The van der Waals surface area contributed by atoms with Gasteiger partial charge in [0.05, 0.1) is 6.61 Å². The van der Waals surface area contributed by atoms with Crippen molar-refractivity contribution in [2.24, 2.45) is 0 Å². The number of carbonyl (C=O) groups excluding carboxylic acids is 1. The van der Waals surface area contributed by atoms with Crippen LogP contribution >= 0.6 is 0 Å². The molecular weight excluding hydrogens is 293 g/mol. The predicted molar refractivity (Wildman–Crippen MR) is 88.8 cm³/mol. The van der Waals surface area contributed by atoms with Crippen molar-refractivity contribution in [3.8, 4) is 5.75 Å². The first-order valence-corrected chi connectivity index (χ1v) is 7.78. The minimum Gasteiger partial charge on any atom is -0.494 e. The van der Waals surface area contributed by atoms with E-state index in [1.54, 1.807) is 18.0 Å². The third-order valence-corrected chi connectivity index (χ3v) is 3.60. The molecule has 0 aliphatic carbocycles. The molecule has 0 spiro atoms. The summed E-state index contributed by atoms with van der Waals surface area (Å²) in [6.45, 7) is 3.13. The number of halogens is 1. The lowest BCUT2D eigenvalue weighted by Crippen LogP contribution is -2.26. The number of ether oxygens (including phenoxy) is 1. The van der Waals surface area contributed by atoms with E-state index >= 15 is 0 Å². The Balaban J connectivity index is 1.84. The maximum absolute atomic E-state index is 13.1. The number of benzene rings is 2. The Morgan fingerprint density at radius 2 is 1.87 bits per heavy atom. The highest BCUT2D eigenvalue weighted by molar-refractivity contribution is 5.76. The van der Waals surface area contributed by atoms with Gasteiger partial charge in [-0.05, 0) is 48.7 Å². The van der Waals surface area contributed by atoms with Gasteiger partial charge in [0, 0.05) is 20.0 Å². The first kappa shape index (κ1) is 17.0. The monoisotopic (exact) mass is 315 g/mol. The van der Waals surface area contributed by atoms with Crippen LogP contribution in [0.3, 0.4) is 0 Å². The normalized spacial score (nSPS) is 10.4. The summed E-state index contributed by atoms with van der Waals surface area (Å²) >= 11 is 0. The number of rotatable bonds is 7. The molecule has 2 aromatic carbocycles. The van der Waals surface area contributed by atoms with E-state index in [2.05, 4.69) is 0 Å². The van der Waals surface area contributed by atoms with Crippen molar-refractivity contribution in [1.29, 1.82) is 0 Å². The molecule has 0 aliphatic heterocycles. The zero-order valence-electron chi connectivity index (χ0n) is 13.6. The van der Waals surface area contributed by atoms with Gasteiger partial charge in [0.1, 0.15) is 11.6 Å². The van der Waals surface area contributed by atoms with Crippen LogP contribution in [0, 0.1) is 5.82 Å². The van der Waals surface area contributed by atoms with Crippen LogP contribution in [0.4, 0.5) is 4.39 Å². The van der Waals surface area contributed by atoms with Gasteiger partial charge >= 0.3 is 0 Å². The Kier molecular flexibility index (Phi) is 6.15. The zero-order chi connectivity index (χ0) is 16.7. The average molecular weight is 315 g/mol. The SMILES string of the molecule is CCOc1ccc(CN(C)C(=O)CCc2cccc(F)c2)cc1. The summed E-state index contributed by atoms with van der Waals surface area (Å²) in [5.41, 5.74) is 1.89. The van der Waals surface area contributed by atoms with Crippen LogP contribution in [0.15, 0.2) is 48.5 Å². The van der Waals surface area contributed by atoms with Gasteiger partial charge in [0.2, 0.25) is 5.91 Å². The number of nitrogens with zero attached hydrogens (tertiary/aromatic N) is 1. The quantitative estimate of drug-likeness (QED) is 0.777. The second-order valence-electron chi connectivity index (χ2n) is 5.46. The molecule has 4 heteroatoms. The van der Waals surface area contributed by atoms with Gasteiger partial charge in [-0.1, -0.05) is 24.3 Å². The fraction of sp³-hybridized carbons (Fsp3) is 0.316. The highest BCUT2D eigenvalue weighted by Gasteiger charge is 2.10. The van der Waals surface area contributed by atoms with Crippen LogP contribution in [-0.2, 0) is 17.8 Å². The smallest absolute Gasteiger partial charge is 0.222 e. The largest absolute Gasteiger partial charge is 0.494 e. The second-order valence-corrected chi connectivity index (χ2v) is 5.46. The molecule has 0 N–H and O–H groups in total. The predicted octanol–water partition coefficient (Wildman–Crippen LogP) is 3.82. The molecule has 0 saturated carbocycles. The van der Waals surface area contributed by atoms with Gasteiger partial charge in [-0.25, -0.2) is 4.39 Å². The van der Waals surface area contributed by atoms with Crippen LogP contribution in [-0.4, -0.2) is 24.5 Å². The highest BCUT2D eigenvalue weighted by atomic mass is 19.1. The molecule has 0 heterocycles. The maximum Gasteiger partial charge on any atom is 0.222 e. The van der Waals surface area contributed by atoms with E-state index in [4.69, 9.17) is 4.74 Å². The highest BCUT2D eigenvalue weighted by Crippen LogP contribution is 2.14. The maximum atomic E-state index is 13.1. The summed E-state index contributed by atoms with van der Waals surface area (Å²) in [6, 6.07) is 14.1. The minimum atomic E-state index is -0.266. The van der Waals surface area contributed by atoms with Crippen molar-refractivity contribution >= 4 is 5.91 Å². The van der Waals surface area contributed by atoms with E-state index in [0.29, 0.717) is 26.0 Å². The summed E-state index contributed by atoms with van der Waals surface area (Å²) in [6.07, 6.45) is 0.918. The first-order chi connectivity index (χ1) is 11.1. The summed E-state index contributed by atoms with van der Waals surface area (Å²) in [5, 5.41) is 0. The Bertz CT molecular complexity index is 640. The topological polar surface area (TPSA) is 29.5 Å². The van der Waals surface area contributed by atoms with E-state index < -0.39 is 0 Å². The first-order valence-electron chi connectivity index (χ1n) is 7.78. The number of aryl methyl sites for hydroxylation is 1. The van der Waals surface area contributed by atoms with Gasteiger partial charge in [0.25, 0.3) is 0 Å². The van der Waals surface area contributed by atoms with Gasteiger partial charge in [-0.15, -0.1) is 0 Å². The lowest BCUT2D eigenvalue weighted by molar-refractivity contribution is -0.130. The van der Waals surface area contributed by atoms with Crippen molar-refractivity contribution in [2.75, 3.05) is 13.7 Å².